The van der Waals surface area contributed by atoms with Gasteiger partial charge in [0.1, 0.15) is 0 Å². The summed E-state index contributed by atoms with van der Waals surface area (Å²) in [6, 6.07) is 0. The highest BCUT2D eigenvalue weighted by Crippen LogP contribution is 2.20. The summed E-state index contributed by atoms with van der Waals surface area (Å²) in [5.41, 5.74) is 0. The van der Waals surface area contributed by atoms with Crippen LogP contribution in [0, 0.1) is 5.92 Å². The number of hydrogen-bond donors (Lipinski definition) is 1. The Morgan fingerprint density at radius 3 is 2.87 bits per heavy atom. The molecule has 0 radical (unpaired) electrons. The molecule has 1 aliphatic rings. The van der Waals surface area contributed by atoms with Crippen molar-refractivity contribution in [2.45, 2.75) is 19.3 Å². The van der Waals surface area contributed by atoms with Crippen LogP contribution in [0.1, 0.15) is 19.3 Å². The van der Waals surface area contributed by atoms with Gasteiger partial charge in [0.05, 0.1) is 11.5 Å². The molecule has 1 aliphatic heterocycles. The van der Waals surface area contributed by atoms with Crippen LogP contribution in [0.25, 0.3) is 0 Å². The topological polar surface area (TPSA) is 63.2 Å². The van der Waals surface area contributed by atoms with Crippen LogP contribution in [0.3, 0.4) is 0 Å². The predicted molar refractivity (Wildman–Crippen MR) is 59.2 cm³/mol. The van der Waals surface area contributed by atoms with Gasteiger partial charge >= 0.3 is 0 Å². The quantitative estimate of drug-likeness (QED) is 0.717. The van der Waals surface area contributed by atoms with E-state index in [-0.39, 0.29) is 23.3 Å². The van der Waals surface area contributed by atoms with Gasteiger partial charge in [0.25, 0.3) is 0 Å². The third kappa shape index (κ3) is 4.46. The number of nitrogens with one attached hydrogen (secondary N) is 1. The fourth-order valence-corrected chi connectivity index (χ4v) is 3.57. The molecule has 0 aromatic carbocycles. The highest BCUT2D eigenvalue weighted by Gasteiger charge is 2.26. The number of amides is 1. The molecule has 1 N–H and O–H groups in total. The second-order valence-corrected chi connectivity index (χ2v) is 6.15. The number of rotatable bonds is 4. The van der Waals surface area contributed by atoms with E-state index in [1.54, 1.807) is 6.08 Å². The Morgan fingerprint density at radius 1 is 1.53 bits per heavy atom. The van der Waals surface area contributed by atoms with E-state index >= 15 is 0 Å². The van der Waals surface area contributed by atoms with Crippen LogP contribution in [-0.4, -0.2) is 32.4 Å². The Balaban J connectivity index is 2.38. The first kappa shape index (κ1) is 12.2. The molecule has 0 aliphatic carbocycles. The number of carbonyl (C=O) groups excluding carboxylic acids is 1. The van der Waals surface area contributed by atoms with Crippen molar-refractivity contribution >= 4 is 15.7 Å². The third-order valence-electron chi connectivity index (χ3n) is 2.47. The maximum atomic E-state index is 11.3. The molecule has 0 spiro atoms. The van der Waals surface area contributed by atoms with E-state index in [0.717, 1.165) is 6.42 Å². The van der Waals surface area contributed by atoms with Crippen molar-refractivity contribution in [1.82, 2.24) is 5.32 Å². The second kappa shape index (κ2) is 5.30. The minimum atomic E-state index is -2.90. The number of hydrogen-bond acceptors (Lipinski definition) is 3. The fourth-order valence-electron chi connectivity index (χ4n) is 1.80. The van der Waals surface area contributed by atoms with Crippen molar-refractivity contribution < 1.29 is 13.2 Å². The standard InChI is InChI=1S/C10H17NO3S/c1-2-5-11-10(12)7-9-4-3-6-15(13,14)8-9/h2,9H,1,3-8H2,(H,11,12). The predicted octanol–water partition coefficient (Wildman–Crippen LogP) is 0.503. The fraction of sp³-hybridized carbons (Fsp3) is 0.700. The smallest absolute Gasteiger partial charge is 0.220 e. The molecule has 1 heterocycles. The summed E-state index contributed by atoms with van der Waals surface area (Å²) in [6.07, 6.45) is 3.44. The zero-order valence-electron chi connectivity index (χ0n) is 8.74. The molecular weight excluding hydrogens is 214 g/mol. The van der Waals surface area contributed by atoms with Crippen LogP contribution in [0.2, 0.25) is 0 Å². The van der Waals surface area contributed by atoms with Gasteiger partial charge in [0.2, 0.25) is 5.91 Å². The van der Waals surface area contributed by atoms with Gasteiger partial charge in [0.15, 0.2) is 9.84 Å². The van der Waals surface area contributed by atoms with Crippen molar-refractivity contribution in [3.63, 3.8) is 0 Å². The van der Waals surface area contributed by atoms with Crippen LogP contribution in [-0.2, 0) is 14.6 Å². The van der Waals surface area contributed by atoms with E-state index < -0.39 is 9.84 Å². The molecule has 0 saturated carbocycles. The van der Waals surface area contributed by atoms with E-state index in [1.165, 1.54) is 0 Å². The number of carbonyl (C=O) groups is 1. The third-order valence-corrected chi connectivity index (χ3v) is 4.36. The van der Waals surface area contributed by atoms with Crippen LogP contribution in [0.5, 0.6) is 0 Å². The molecule has 15 heavy (non-hydrogen) atoms. The highest BCUT2D eigenvalue weighted by molar-refractivity contribution is 7.91. The first-order valence-corrected chi connectivity index (χ1v) is 6.93. The van der Waals surface area contributed by atoms with Gasteiger partial charge in [-0.1, -0.05) is 6.08 Å². The highest BCUT2D eigenvalue weighted by atomic mass is 32.2. The Hall–Kier alpha value is -0.840. The second-order valence-electron chi connectivity index (χ2n) is 3.92. The monoisotopic (exact) mass is 231 g/mol. The van der Waals surface area contributed by atoms with Gasteiger partial charge in [-0.25, -0.2) is 8.42 Å². The van der Waals surface area contributed by atoms with E-state index in [9.17, 15) is 13.2 Å². The van der Waals surface area contributed by atoms with Gasteiger partial charge in [-0.05, 0) is 18.8 Å². The first-order valence-electron chi connectivity index (χ1n) is 5.11. The molecule has 4 nitrogen and oxygen atoms in total. The van der Waals surface area contributed by atoms with Gasteiger partial charge in [0, 0.05) is 13.0 Å². The lowest BCUT2D eigenvalue weighted by Crippen LogP contribution is -2.31. The SMILES string of the molecule is C=CCNC(=O)CC1CCCS(=O)(=O)C1. The van der Waals surface area contributed by atoms with Gasteiger partial charge in [-0.15, -0.1) is 6.58 Å². The zero-order chi connectivity index (χ0) is 11.3. The van der Waals surface area contributed by atoms with Crippen LogP contribution in [0.4, 0.5) is 0 Å². The Labute approximate surface area is 90.7 Å². The lowest BCUT2D eigenvalue weighted by atomic mass is 10.0. The van der Waals surface area contributed by atoms with E-state index in [1.807, 2.05) is 0 Å². The average molecular weight is 231 g/mol. The number of sulfone groups is 1. The van der Waals surface area contributed by atoms with Crippen LogP contribution < -0.4 is 5.32 Å². The molecular formula is C10H17NO3S. The molecule has 1 unspecified atom stereocenters. The maximum absolute atomic E-state index is 11.3. The van der Waals surface area contributed by atoms with Gasteiger partial charge in [-0.3, -0.25) is 4.79 Å². The molecule has 0 bridgehead atoms. The van der Waals surface area contributed by atoms with Crippen molar-refractivity contribution in [2.75, 3.05) is 18.1 Å². The molecule has 0 aromatic rings. The maximum Gasteiger partial charge on any atom is 0.220 e. The minimum absolute atomic E-state index is 0.00596. The molecule has 1 fully saturated rings. The lowest BCUT2D eigenvalue weighted by Gasteiger charge is -2.21. The van der Waals surface area contributed by atoms with E-state index in [2.05, 4.69) is 11.9 Å². The van der Waals surface area contributed by atoms with Crippen molar-refractivity contribution in [2.24, 2.45) is 5.92 Å². The molecule has 1 saturated heterocycles. The molecule has 86 valence electrons. The Kier molecular flexibility index (Phi) is 4.32. The van der Waals surface area contributed by atoms with Crippen molar-refractivity contribution in [3.05, 3.63) is 12.7 Å². The zero-order valence-corrected chi connectivity index (χ0v) is 9.55. The molecule has 0 aromatic heterocycles. The molecule has 1 atom stereocenters. The average Bonchev–Trinajstić information content (AvgIpc) is 2.13. The van der Waals surface area contributed by atoms with E-state index in [4.69, 9.17) is 0 Å². The normalized spacial score (nSPS) is 24.4. The van der Waals surface area contributed by atoms with Crippen LogP contribution >= 0.6 is 0 Å². The van der Waals surface area contributed by atoms with Gasteiger partial charge < -0.3 is 5.32 Å². The minimum Gasteiger partial charge on any atom is -0.353 e. The molecule has 5 heteroatoms. The van der Waals surface area contributed by atoms with Gasteiger partial charge in [-0.2, -0.15) is 0 Å². The van der Waals surface area contributed by atoms with Crippen LogP contribution in [0.15, 0.2) is 12.7 Å². The summed E-state index contributed by atoms with van der Waals surface area (Å²) in [6.45, 7) is 3.93. The largest absolute Gasteiger partial charge is 0.353 e. The summed E-state index contributed by atoms with van der Waals surface area (Å²) in [5.74, 6) is 0.345. The van der Waals surface area contributed by atoms with E-state index in [0.29, 0.717) is 19.4 Å². The van der Waals surface area contributed by atoms with Crippen molar-refractivity contribution in [1.29, 1.82) is 0 Å². The first-order chi connectivity index (χ1) is 7.03. The Bertz CT molecular complexity index is 335. The molecule has 1 amide bonds. The summed E-state index contributed by atoms with van der Waals surface area (Å²) in [5, 5.41) is 2.66. The summed E-state index contributed by atoms with van der Waals surface area (Å²) in [4.78, 5) is 11.3. The lowest BCUT2D eigenvalue weighted by molar-refractivity contribution is -0.121. The molecule has 1 rings (SSSR count). The Morgan fingerprint density at radius 2 is 2.27 bits per heavy atom. The summed E-state index contributed by atoms with van der Waals surface area (Å²) >= 11 is 0. The van der Waals surface area contributed by atoms with Crippen molar-refractivity contribution in [3.8, 4) is 0 Å². The summed E-state index contributed by atoms with van der Waals surface area (Å²) in [7, 11) is -2.90. The summed E-state index contributed by atoms with van der Waals surface area (Å²) < 4.78 is 22.6.